The Bertz CT molecular complexity index is 843. The van der Waals surface area contributed by atoms with Crippen LogP contribution in [0.2, 0.25) is 0 Å². The Morgan fingerprint density at radius 2 is 1.00 bits per heavy atom. The lowest BCUT2D eigenvalue weighted by Gasteiger charge is -2.29. The average molecular weight is 354 g/mol. The van der Waals surface area contributed by atoms with Crippen LogP contribution in [0, 0.1) is 20.2 Å². The number of hydrogen-bond donors (Lipinski definition) is 0. The van der Waals surface area contributed by atoms with Gasteiger partial charge in [-0.05, 0) is 38.1 Å². The lowest BCUT2D eigenvalue weighted by molar-refractivity contribution is -0.385. The van der Waals surface area contributed by atoms with E-state index >= 15 is 0 Å². The summed E-state index contributed by atoms with van der Waals surface area (Å²) in [6.45, 7) is 3.49. The largest absolute Gasteiger partial charge is 0.269 e. The molecule has 0 bridgehead atoms. The molecule has 0 N–H and O–H groups in total. The fraction of sp³-hybridized carbons (Fsp3) is 0.125. The molecule has 0 atom stereocenters. The summed E-state index contributed by atoms with van der Waals surface area (Å²) in [5.74, 6) is 1.09. The SMILES string of the molecule is CC1=NN(c2ccc([N+](=O)[O-])cc2)C(C)=NN1c1ccc([N+](=O)[O-])cc1. The average Bonchev–Trinajstić information content (AvgIpc) is 2.63. The fourth-order valence-corrected chi connectivity index (χ4v) is 2.44. The molecule has 0 saturated carbocycles. The van der Waals surface area contributed by atoms with E-state index in [-0.39, 0.29) is 11.4 Å². The highest BCUT2D eigenvalue weighted by Gasteiger charge is 2.21. The molecule has 132 valence electrons. The first-order valence-electron chi connectivity index (χ1n) is 7.56. The zero-order valence-electron chi connectivity index (χ0n) is 13.9. The van der Waals surface area contributed by atoms with Crippen molar-refractivity contribution in [1.82, 2.24) is 0 Å². The number of hydrazone groups is 2. The summed E-state index contributed by atoms with van der Waals surface area (Å²) in [4.78, 5) is 20.6. The van der Waals surface area contributed by atoms with E-state index in [2.05, 4.69) is 10.2 Å². The van der Waals surface area contributed by atoms with E-state index in [0.29, 0.717) is 23.0 Å². The van der Waals surface area contributed by atoms with Gasteiger partial charge in [0.25, 0.3) is 11.4 Å². The molecular weight excluding hydrogens is 340 g/mol. The summed E-state index contributed by atoms with van der Waals surface area (Å²) < 4.78 is 0. The van der Waals surface area contributed by atoms with Gasteiger partial charge in [-0.3, -0.25) is 20.2 Å². The maximum atomic E-state index is 10.8. The van der Waals surface area contributed by atoms with Crippen LogP contribution in [0.15, 0.2) is 58.7 Å². The number of non-ortho nitro benzene ring substituents is 2. The van der Waals surface area contributed by atoms with Gasteiger partial charge in [-0.2, -0.15) is 10.2 Å². The predicted molar refractivity (Wildman–Crippen MR) is 97.4 cm³/mol. The summed E-state index contributed by atoms with van der Waals surface area (Å²) in [6, 6.07) is 12.0. The number of anilines is 2. The first-order chi connectivity index (χ1) is 12.4. The van der Waals surface area contributed by atoms with Gasteiger partial charge < -0.3 is 0 Å². The van der Waals surface area contributed by atoms with Crippen LogP contribution in [0.25, 0.3) is 0 Å². The lowest BCUT2D eigenvalue weighted by atomic mass is 10.2. The van der Waals surface area contributed by atoms with Crippen LogP contribution in [0.3, 0.4) is 0 Å². The Morgan fingerprint density at radius 3 is 1.27 bits per heavy atom. The van der Waals surface area contributed by atoms with E-state index < -0.39 is 9.85 Å². The third kappa shape index (κ3) is 3.20. The summed E-state index contributed by atoms with van der Waals surface area (Å²) >= 11 is 0. The standard InChI is InChI=1S/C16H14N6O4/c1-11-17-20(14-5-9-16(10-6-14)22(25)26)12(2)18-19(11)13-3-7-15(8-4-13)21(23)24/h3-10H,1-2H3. The molecule has 0 amide bonds. The second-order valence-corrected chi connectivity index (χ2v) is 5.47. The minimum Gasteiger partial charge on any atom is -0.258 e. The van der Waals surface area contributed by atoms with Crippen molar-refractivity contribution in [2.24, 2.45) is 10.2 Å². The third-order valence-electron chi connectivity index (χ3n) is 3.71. The van der Waals surface area contributed by atoms with Crippen LogP contribution in [-0.4, -0.2) is 21.5 Å². The normalized spacial score (nSPS) is 13.9. The zero-order valence-corrected chi connectivity index (χ0v) is 13.9. The van der Waals surface area contributed by atoms with Crippen LogP contribution in [0.1, 0.15) is 13.8 Å². The second-order valence-electron chi connectivity index (χ2n) is 5.47. The molecule has 3 rings (SSSR count). The topological polar surface area (TPSA) is 117 Å². The summed E-state index contributed by atoms with van der Waals surface area (Å²) in [5.41, 5.74) is 1.27. The lowest BCUT2D eigenvalue weighted by Crippen LogP contribution is -2.37. The van der Waals surface area contributed by atoms with Crippen LogP contribution in [-0.2, 0) is 0 Å². The van der Waals surface area contributed by atoms with Gasteiger partial charge in [-0.25, -0.2) is 10.0 Å². The van der Waals surface area contributed by atoms with Crippen molar-refractivity contribution in [1.29, 1.82) is 0 Å². The van der Waals surface area contributed by atoms with Crippen LogP contribution < -0.4 is 10.0 Å². The highest BCUT2D eigenvalue weighted by Crippen LogP contribution is 2.26. The highest BCUT2D eigenvalue weighted by molar-refractivity contribution is 6.06. The Kier molecular flexibility index (Phi) is 4.31. The molecule has 0 aromatic heterocycles. The number of amidine groups is 2. The van der Waals surface area contributed by atoms with Gasteiger partial charge >= 0.3 is 0 Å². The van der Waals surface area contributed by atoms with Crippen LogP contribution in [0.5, 0.6) is 0 Å². The number of benzene rings is 2. The van der Waals surface area contributed by atoms with Gasteiger partial charge in [-0.15, -0.1) is 0 Å². The van der Waals surface area contributed by atoms with Gasteiger partial charge in [0.1, 0.15) is 11.7 Å². The molecule has 26 heavy (non-hydrogen) atoms. The van der Waals surface area contributed by atoms with E-state index in [1.54, 1.807) is 48.1 Å². The molecule has 0 radical (unpaired) electrons. The molecule has 0 fully saturated rings. The molecular formula is C16H14N6O4. The predicted octanol–water partition coefficient (Wildman–Crippen LogP) is 3.50. The monoisotopic (exact) mass is 354 g/mol. The minimum atomic E-state index is -0.466. The number of rotatable bonds is 4. The van der Waals surface area contributed by atoms with Crippen molar-refractivity contribution in [3.63, 3.8) is 0 Å². The third-order valence-corrected chi connectivity index (χ3v) is 3.71. The number of hydrogen-bond acceptors (Lipinski definition) is 8. The van der Waals surface area contributed by atoms with E-state index in [1.165, 1.54) is 24.3 Å². The molecule has 10 heteroatoms. The van der Waals surface area contributed by atoms with Crippen molar-refractivity contribution in [2.75, 3.05) is 10.0 Å². The number of nitrogens with zero attached hydrogens (tertiary/aromatic N) is 6. The smallest absolute Gasteiger partial charge is 0.258 e. The summed E-state index contributed by atoms with van der Waals surface area (Å²) in [7, 11) is 0. The molecule has 10 nitrogen and oxygen atoms in total. The highest BCUT2D eigenvalue weighted by atomic mass is 16.6. The molecule has 1 aliphatic rings. The van der Waals surface area contributed by atoms with Crippen molar-refractivity contribution in [2.45, 2.75) is 13.8 Å². The maximum absolute atomic E-state index is 10.8. The Hall–Kier alpha value is -3.82. The van der Waals surface area contributed by atoms with Crippen LogP contribution >= 0.6 is 0 Å². The van der Waals surface area contributed by atoms with E-state index in [4.69, 9.17) is 0 Å². The maximum Gasteiger partial charge on any atom is 0.269 e. The summed E-state index contributed by atoms with van der Waals surface area (Å²) in [6.07, 6.45) is 0. The number of nitro groups is 2. The van der Waals surface area contributed by atoms with E-state index in [0.717, 1.165) is 0 Å². The van der Waals surface area contributed by atoms with E-state index in [9.17, 15) is 20.2 Å². The molecule has 1 aliphatic heterocycles. The second kappa shape index (κ2) is 6.59. The molecule has 0 unspecified atom stereocenters. The zero-order chi connectivity index (χ0) is 18.8. The van der Waals surface area contributed by atoms with Gasteiger partial charge in [0.15, 0.2) is 0 Å². The molecule has 0 spiro atoms. The van der Waals surface area contributed by atoms with Crippen LogP contribution in [0.4, 0.5) is 22.7 Å². The van der Waals surface area contributed by atoms with Gasteiger partial charge in [0, 0.05) is 24.3 Å². The Labute approximate surface area is 147 Å². The molecule has 1 heterocycles. The minimum absolute atomic E-state index is 0.00596. The van der Waals surface area contributed by atoms with E-state index in [1.807, 2.05) is 0 Å². The molecule has 2 aromatic carbocycles. The first-order valence-corrected chi connectivity index (χ1v) is 7.56. The molecule has 2 aromatic rings. The van der Waals surface area contributed by atoms with Crippen molar-refractivity contribution in [3.05, 3.63) is 68.8 Å². The first kappa shape index (κ1) is 17.0. The van der Waals surface area contributed by atoms with Crippen molar-refractivity contribution in [3.8, 4) is 0 Å². The molecule has 0 saturated heterocycles. The Morgan fingerprint density at radius 1 is 0.692 bits per heavy atom. The van der Waals surface area contributed by atoms with Gasteiger partial charge in [0.2, 0.25) is 0 Å². The molecule has 0 aliphatic carbocycles. The van der Waals surface area contributed by atoms with Crippen molar-refractivity contribution < 1.29 is 9.85 Å². The van der Waals surface area contributed by atoms with Gasteiger partial charge in [0.05, 0.1) is 21.2 Å². The number of nitro benzene ring substituents is 2. The van der Waals surface area contributed by atoms with Gasteiger partial charge in [-0.1, -0.05) is 0 Å². The van der Waals surface area contributed by atoms with Crippen molar-refractivity contribution >= 4 is 34.4 Å². The summed E-state index contributed by atoms with van der Waals surface area (Å²) in [5, 5.41) is 33.6. The Balaban J connectivity index is 1.87. The fourth-order valence-electron chi connectivity index (χ4n) is 2.44. The quantitative estimate of drug-likeness (QED) is 0.612.